The molecule has 3 N–H and O–H groups in total. The summed E-state index contributed by atoms with van der Waals surface area (Å²) in [6.45, 7) is 0. The van der Waals surface area contributed by atoms with Crippen molar-refractivity contribution in [2.45, 2.75) is 11.4 Å². The molecule has 0 aliphatic carbocycles. The molecule has 2 rings (SSSR count). The third-order valence-electron chi connectivity index (χ3n) is 2.92. The Morgan fingerprint density at radius 2 is 2.00 bits per heavy atom. The first-order valence-corrected chi connectivity index (χ1v) is 6.67. The van der Waals surface area contributed by atoms with Crippen LogP contribution in [0, 0.1) is 0 Å². The number of hydrogen-bond donors (Lipinski definition) is 3. The Hall–Kier alpha value is -1.60. The van der Waals surface area contributed by atoms with E-state index in [-0.39, 0.29) is 11.1 Å². The smallest absolute Gasteiger partial charge is 0.321 e. The minimum absolute atomic E-state index is 0.0297. The number of phenolic OH excluding ortho intramolecular Hbond substituents is 1. The lowest BCUT2D eigenvalue weighted by Gasteiger charge is -2.18. The van der Waals surface area contributed by atoms with Crippen LogP contribution in [-0.4, -0.2) is 42.2 Å². The largest absolute Gasteiger partial charge is 0.504 e. The topological polar surface area (TPSA) is 88.0 Å². The SMILES string of the molecule is COc1ccc(OC)c(C2NC(C(=O)O)CS2)c1O. The Morgan fingerprint density at radius 1 is 1.37 bits per heavy atom. The highest BCUT2D eigenvalue weighted by Gasteiger charge is 2.34. The van der Waals surface area contributed by atoms with Gasteiger partial charge in [-0.05, 0) is 12.1 Å². The highest BCUT2D eigenvalue weighted by atomic mass is 32.2. The van der Waals surface area contributed by atoms with Gasteiger partial charge in [-0.15, -0.1) is 11.8 Å². The van der Waals surface area contributed by atoms with Crippen LogP contribution >= 0.6 is 11.8 Å². The molecular formula is C12H15NO5S. The van der Waals surface area contributed by atoms with Gasteiger partial charge in [-0.3, -0.25) is 10.1 Å². The van der Waals surface area contributed by atoms with Crippen molar-refractivity contribution in [3.05, 3.63) is 17.7 Å². The number of hydrogen-bond acceptors (Lipinski definition) is 6. The van der Waals surface area contributed by atoms with Crippen molar-refractivity contribution in [2.75, 3.05) is 20.0 Å². The van der Waals surface area contributed by atoms with E-state index in [9.17, 15) is 9.90 Å². The number of carboxylic acids is 1. The number of phenols is 1. The Kier molecular flexibility index (Phi) is 4.06. The summed E-state index contributed by atoms with van der Waals surface area (Å²) in [5.74, 6) is 0.320. The lowest BCUT2D eigenvalue weighted by atomic mass is 10.1. The Bertz CT molecular complexity index is 493. The molecule has 0 radical (unpaired) electrons. The summed E-state index contributed by atoms with van der Waals surface area (Å²) in [6, 6.07) is 2.65. The fourth-order valence-electron chi connectivity index (χ4n) is 1.95. The van der Waals surface area contributed by atoms with Gasteiger partial charge in [0.05, 0.1) is 25.2 Å². The van der Waals surface area contributed by atoms with E-state index >= 15 is 0 Å². The molecule has 2 unspecified atom stereocenters. The predicted molar refractivity (Wildman–Crippen MR) is 71.0 cm³/mol. The second kappa shape index (κ2) is 5.58. The molecule has 104 valence electrons. The van der Waals surface area contributed by atoms with Crippen LogP contribution in [0.2, 0.25) is 0 Å². The van der Waals surface area contributed by atoms with Crippen molar-refractivity contribution in [2.24, 2.45) is 0 Å². The highest BCUT2D eigenvalue weighted by Crippen LogP contribution is 2.46. The van der Waals surface area contributed by atoms with Crippen LogP contribution in [0.15, 0.2) is 12.1 Å². The van der Waals surface area contributed by atoms with Gasteiger partial charge in [0.2, 0.25) is 0 Å². The molecule has 0 aromatic heterocycles. The molecule has 0 bridgehead atoms. The zero-order valence-corrected chi connectivity index (χ0v) is 11.4. The molecule has 1 aromatic rings. The molecule has 0 saturated carbocycles. The summed E-state index contributed by atoms with van der Waals surface area (Å²) in [7, 11) is 2.96. The number of methoxy groups -OCH3 is 2. The number of thioether (sulfide) groups is 1. The van der Waals surface area contributed by atoms with Gasteiger partial charge >= 0.3 is 5.97 Å². The standard InChI is InChI=1S/C12H15NO5S/c1-17-7-3-4-8(18-2)10(14)9(7)11-13-6(5-19-11)12(15)16/h3-4,6,11,13-14H,5H2,1-2H3,(H,15,16). The zero-order chi connectivity index (χ0) is 14.0. The molecule has 1 aliphatic heterocycles. The number of carbonyl (C=O) groups is 1. The first kappa shape index (κ1) is 13.8. The lowest BCUT2D eigenvalue weighted by Crippen LogP contribution is -2.33. The van der Waals surface area contributed by atoms with Crippen LogP contribution in [0.25, 0.3) is 0 Å². The second-order valence-corrected chi connectivity index (χ2v) is 5.14. The summed E-state index contributed by atoms with van der Waals surface area (Å²) in [5, 5.41) is 21.8. The van der Waals surface area contributed by atoms with E-state index in [1.54, 1.807) is 12.1 Å². The molecule has 6 nitrogen and oxygen atoms in total. The van der Waals surface area contributed by atoms with Crippen LogP contribution in [0.1, 0.15) is 10.9 Å². The number of nitrogens with one attached hydrogen (secondary N) is 1. The van der Waals surface area contributed by atoms with Crippen molar-refractivity contribution >= 4 is 17.7 Å². The van der Waals surface area contributed by atoms with Gasteiger partial charge in [0, 0.05) is 5.75 Å². The van der Waals surface area contributed by atoms with E-state index in [1.807, 2.05) is 0 Å². The van der Waals surface area contributed by atoms with Gasteiger partial charge in [-0.2, -0.15) is 0 Å². The summed E-state index contributed by atoms with van der Waals surface area (Å²) < 4.78 is 10.3. The van der Waals surface area contributed by atoms with E-state index in [0.29, 0.717) is 22.8 Å². The van der Waals surface area contributed by atoms with Crippen molar-refractivity contribution in [3.8, 4) is 17.2 Å². The average molecular weight is 285 g/mol. The van der Waals surface area contributed by atoms with Crippen LogP contribution in [-0.2, 0) is 4.79 Å². The van der Waals surface area contributed by atoms with Gasteiger partial charge in [0.25, 0.3) is 0 Å². The zero-order valence-electron chi connectivity index (χ0n) is 10.5. The van der Waals surface area contributed by atoms with Gasteiger partial charge < -0.3 is 19.7 Å². The first-order chi connectivity index (χ1) is 9.08. The lowest BCUT2D eigenvalue weighted by molar-refractivity contribution is -0.138. The molecule has 1 aromatic carbocycles. The molecular weight excluding hydrogens is 270 g/mol. The number of benzene rings is 1. The minimum Gasteiger partial charge on any atom is -0.504 e. The molecule has 1 fully saturated rings. The summed E-state index contributed by atoms with van der Waals surface area (Å²) in [5.41, 5.74) is 0.510. The second-order valence-electron chi connectivity index (χ2n) is 4.00. The van der Waals surface area contributed by atoms with Crippen molar-refractivity contribution < 1.29 is 24.5 Å². The molecule has 1 saturated heterocycles. The van der Waals surface area contributed by atoms with Crippen molar-refractivity contribution in [3.63, 3.8) is 0 Å². The molecule has 0 spiro atoms. The van der Waals surface area contributed by atoms with E-state index in [1.165, 1.54) is 26.0 Å². The number of aliphatic carboxylic acids is 1. The Balaban J connectivity index is 2.36. The van der Waals surface area contributed by atoms with E-state index in [0.717, 1.165) is 0 Å². The molecule has 1 heterocycles. The van der Waals surface area contributed by atoms with E-state index in [4.69, 9.17) is 14.6 Å². The van der Waals surface area contributed by atoms with Crippen molar-refractivity contribution in [1.82, 2.24) is 5.32 Å². The Morgan fingerprint density at radius 3 is 2.53 bits per heavy atom. The summed E-state index contributed by atoms with van der Waals surface area (Å²) in [6.07, 6.45) is 0. The van der Waals surface area contributed by atoms with Gasteiger partial charge in [0.1, 0.15) is 11.8 Å². The first-order valence-electron chi connectivity index (χ1n) is 5.62. The quantitative estimate of drug-likeness (QED) is 0.766. The molecule has 7 heteroatoms. The maximum Gasteiger partial charge on any atom is 0.321 e. The maximum atomic E-state index is 10.9. The summed E-state index contributed by atoms with van der Waals surface area (Å²) >= 11 is 1.41. The van der Waals surface area contributed by atoms with E-state index < -0.39 is 12.0 Å². The normalized spacial score (nSPS) is 22.2. The Labute approximate surface area is 114 Å². The van der Waals surface area contributed by atoms with E-state index in [2.05, 4.69) is 5.32 Å². The highest BCUT2D eigenvalue weighted by molar-refractivity contribution is 7.99. The minimum atomic E-state index is -0.906. The third-order valence-corrected chi connectivity index (χ3v) is 4.15. The van der Waals surface area contributed by atoms with Crippen LogP contribution in [0.5, 0.6) is 17.2 Å². The number of rotatable bonds is 4. The van der Waals surface area contributed by atoms with Gasteiger partial charge in [-0.1, -0.05) is 0 Å². The third kappa shape index (κ3) is 2.57. The monoisotopic (exact) mass is 285 g/mol. The fourth-order valence-corrected chi connectivity index (χ4v) is 3.22. The number of aromatic hydroxyl groups is 1. The fraction of sp³-hybridized carbons (Fsp3) is 0.417. The van der Waals surface area contributed by atoms with Crippen LogP contribution < -0.4 is 14.8 Å². The van der Waals surface area contributed by atoms with Crippen molar-refractivity contribution in [1.29, 1.82) is 0 Å². The van der Waals surface area contributed by atoms with Gasteiger partial charge in [-0.25, -0.2) is 0 Å². The number of ether oxygens (including phenoxy) is 2. The molecule has 0 amide bonds. The van der Waals surface area contributed by atoms with Crippen LogP contribution in [0.4, 0.5) is 0 Å². The molecule has 2 atom stereocenters. The van der Waals surface area contributed by atoms with Gasteiger partial charge in [0.15, 0.2) is 11.5 Å². The summed E-state index contributed by atoms with van der Waals surface area (Å²) in [4.78, 5) is 10.9. The molecule has 1 aliphatic rings. The maximum absolute atomic E-state index is 10.9. The molecule has 19 heavy (non-hydrogen) atoms. The predicted octanol–water partition coefficient (Wildman–Crippen LogP) is 1.20. The average Bonchev–Trinajstić information content (AvgIpc) is 2.87. The number of carboxylic acid groups (broad SMARTS) is 1. The van der Waals surface area contributed by atoms with Crippen LogP contribution in [0.3, 0.4) is 0 Å².